The summed E-state index contributed by atoms with van der Waals surface area (Å²) in [7, 11) is 2.04. The highest BCUT2D eigenvalue weighted by atomic mass is 16.4. The number of likely N-dealkylation sites (N-methyl/N-ethyl adjacent to an activating group) is 2. The number of carboxylic acids is 1. The van der Waals surface area contributed by atoms with Gasteiger partial charge in [-0.2, -0.15) is 0 Å². The number of hydrogen-bond donors (Lipinski definition) is 1. The molecule has 0 aromatic carbocycles. The number of carbonyl (C=O) groups is 2. The predicted octanol–water partition coefficient (Wildman–Crippen LogP) is -0.0545. The Kier molecular flexibility index (Phi) is 5.31. The van der Waals surface area contributed by atoms with E-state index in [9.17, 15) is 14.7 Å². The molecule has 6 heteroatoms. The Hall–Kier alpha value is -1.14. The lowest BCUT2D eigenvalue weighted by molar-refractivity contribution is -0.151. The molecule has 1 fully saturated rings. The van der Waals surface area contributed by atoms with Crippen LogP contribution in [0.1, 0.15) is 20.8 Å². The van der Waals surface area contributed by atoms with Gasteiger partial charge in [-0.25, -0.2) is 0 Å². The monoisotopic (exact) mass is 271 g/mol. The lowest BCUT2D eigenvalue weighted by atomic mass is 10.0. The normalized spacial score (nSPS) is 17.8. The van der Waals surface area contributed by atoms with E-state index >= 15 is 0 Å². The molecule has 1 aliphatic rings. The van der Waals surface area contributed by atoms with Crippen LogP contribution in [0.4, 0.5) is 0 Å². The Balaban J connectivity index is 2.61. The van der Waals surface area contributed by atoms with Gasteiger partial charge in [-0.05, 0) is 27.4 Å². The van der Waals surface area contributed by atoms with Crippen molar-refractivity contribution >= 4 is 11.9 Å². The Labute approximate surface area is 115 Å². The molecule has 0 spiro atoms. The molecule has 1 heterocycles. The number of piperazine rings is 1. The molecule has 0 unspecified atom stereocenters. The van der Waals surface area contributed by atoms with Crippen molar-refractivity contribution in [1.29, 1.82) is 0 Å². The third kappa shape index (κ3) is 3.91. The molecular formula is C13H25N3O3. The Bertz CT molecular complexity index is 336. The summed E-state index contributed by atoms with van der Waals surface area (Å²) in [6.45, 7) is 9.05. The Morgan fingerprint density at radius 3 is 2.16 bits per heavy atom. The van der Waals surface area contributed by atoms with Gasteiger partial charge in [0, 0.05) is 26.2 Å². The molecule has 1 rings (SSSR count). The quantitative estimate of drug-likeness (QED) is 0.759. The summed E-state index contributed by atoms with van der Waals surface area (Å²) in [6, 6.07) is 0. The minimum atomic E-state index is -1.02. The minimum Gasteiger partial charge on any atom is -0.480 e. The lowest BCUT2D eigenvalue weighted by Crippen LogP contribution is -2.56. The minimum absolute atomic E-state index is 0.0178. The SMILES string of the molecule is CCN(CC(=O)N1CCN(C)CC1)C(C)(C)C(=O)O. The van der Waals surface area contributed by atoms with Crippen molar-refractivity contribution in [3.8, 4) is 0 Å². The van der Waals surface area contributed by atoms with Gasteiger partial charge in [0.1, 0.15) is 5.54 Å². The van der Waals surface area contributed by atoms with Crippen LogP contribution in [0.15, 0.2) is 0 Å². The smallest absolute Gasteiger partial charge is 0.323 e. The predicted molar refractivity (Wildman–Crippen MR) is 73.0 cm³/mol. The number of nitrogens with zero attached hydrogens (tertiary/aromatic N) is 3. The van der Waals surface area contributed by atoms with E-state index in [2.05, 4.69) is 4.90 Å². The molecule has 110 valence electrons. The van der Waals surface area contributed by atoms with E-state index in [1.165, 1.54) is 0 Å². The summed E-state index contributed by atoms with van der Waals surface area (Å²) < 4.78 is 0. The molecule has 1 N–H and O–H groups in total. The third-order valence-corrected chi connectivity index (χ3v) is 3.88. The summed E-state index contributed by atoms with van der Waals surface area (Å²) in [5, 5.41) is 9.23. The highest BCUT2D eigenvalue weighted by Gasteiger charge is 2.35. The van der Waals surface area contributed by atoms with Crippen molar-refractivity contribution in [3.05, 3.63) is 0 Å². The van der Waals surface area contributed by atoms with Crippen molar-refractivity contribution < 1.29 is 14.7 Å². The van der Waals surface area contributed by atoms with Gasteiger partial charge in [0.15, 0.2) is 0 Å². The molecule has 0 aliphatic carbocycles. The molecule has 0 aromatic rings. The number of carbonyl (C=O) groups excluding carboxylic acids is 1. The highest BCUT2D eigenvalue weighted by molar-refractivity contribution is 5.81. The van der Waals surface area contributed by atoms with Gasteiger partial charge in [0.2, 0.25) is 5.91 Å². The standard InChI is InChI=1S/C13H25N3O3/c1-5-16(13(2,3)12(18)19)10-11(17)15-8-6-14(4)7-9-15/h5-10H2,1-4H3,(H,18,19). The molecule has 0 atom stereocenters. The molecule has 0 saturated carbocycles. The van der Waals surface area contributed by atoms with Crippen LogP contribution in [0.25, 0.3) is 0 Å². The maximum Gasteiger partial charge on any atom is 0.323 e. The summed E-state index contributed by atoms with van der Waals surface area (Å²) >= 11 is 0. The van der Waals surface area contributed by atoms with Crippen molar-refractivity contribution in [2.45, 2.75) is 26.3 Å². The molecule has 0 aromatic heterocycles. The van der Waals surface area contributed by atoms with Gasteiger partial charge < -0.3 is 14.9 Å². The fraction of sp³-hybridized carbons (Fsp3) is 0.846. The van der Waals surface area contributed by atoms with E-state index in [4.69, 9.17) is 0 Å². The van der Waals surface area contributed by atoms with Crippen molar-refractivity contribution in [2.75, 3.05) is 46.3 Å². The first-order valence-electron chi connectivity index (χ1n) is 6.73. The lowest BCUT2D eigenvalue weighted by Gasteiger charge is -2.37. The van der Waals surface area contributed by atoms with Crippen LogP contribution < -0.4 is 0 Å². The summed E-state index contributed by atoms with van der Waals surface area (Å²) in [5.41, 5.74) is -1.02. The summed E-state index contributed by atoms with van der Waals surface area (Å²) in [6.07, 6.45) is 0. The second kappa shape index (κ2) is 6.34. The summed E-state index contributed by atoms with van der Waals surface area (Å²) in [4.78, 5) is 29.2. The van der Waals surface area contributed by atoms with Crippen LogP contribution in [0.5, 0.6) is 0 Å². The number of carboxylic acid groups (broad SMARTS) is 1. The van der Waals surface area contributed by atoms with Gasteiger partial charge in [-0.1, -0.05) is 6.92 Å². The van der Waals surface area contributed by atoms with Crippen LogP contribution in [-0.4, -0.2) is 83.5 Å². The van der Waals surface area contributed by atoms with Crippen LogP contribution in [-0.2, 0) is 9.59 Å². The van der Waals surface area contributed by atoms with Crippen molar-refractivity contribution in [2.24, 2.45) is 0 Å². The molecule has 1 amide bonds. The number of rotatable bonds is 5. The summed E-state index contributed by atoms with van der Waals surface area (Å²) in [5.74, 6) is -0.884. The van der Waals surface area contributed by atoms with E-state index < -0.39 is 11.5 Å². The largest absolute Gasteiger partial charge is 0.480 e. The van der Waals surface area contributed by atoms with Crippen LogP contribution >= 0.6 is 0 Å². The molecular weight excluding hydrogens is 246 g/mol. The van der Waals surface area contributed by atoms with E-state index in [1.807, 2.05) is 18.9 Å². The van der Waals surface area contributed by atoms with E-state index in [-0.39, 0.29) is 12.5 Å². The molecule has 19 heavy (non-hydrogen) atoms. The number of aliphatic carboxylic acids is 1. The van der Waals surface area contributed by atoms with Crippen LogP contribution in [0, 0.1) is 0 Å². The molecule has 6 nitrogen and oxygen atoms in total. The molecule has 0 bridgehead atoms. The second-order valence-electron chi connectivity index (χ2n) is 5.56. The average molecular weight is 271 g/mol. The van der Waals surface area contributed by atoms with Gasteiger partial charge in [0.25, 0.3) is 0 Å². The zero-order chi connectivity index (χ0) is 14.6. The molecule has 1 aliphatic heterocycles. The van der Waals surface area contributed by atoms with Gasteiger partial charge >= 0.3 is 5.97 Å². The first kappa shape index (κ1) is 15.9. The number of hydrogen-bond acceptors (Lipinski definition) is 4. The Morgan fingerprint density at radius 2 is 1.74 bits per heavy atom. The maximum atomic E-state index is 12.2. The van der Waals surface area contributed by atoms with E-state index in [1.54, 1.807) is 18.7 Å². The van der Waals surface area contributed by atoms with Crippen molar-refractivity contribution in [3.63, 3.8) is 0 Å². The van der Waals surface area contributed by atoms with Gasteiger partial charge in [-0.3, -0.25) is 14.5 Å². The molecule has 1 saturated heterocycles. The fourth-order valence-corrected chi connectivity index (χ4v) is 2.16. The topological polar surface area (TPSA) is 64.1 Å². The van der Waals surface area contributed by atoms with Crippen LogP contribution in [0.2, 0.25) is 0 Å². The number of amides is 1. The second-order valence-corrected chi connectivity index (χ2v) is 5.56. The maximum absolute atomic E-state index is 12.2. The zero-order valence-electron chi connectivity index (χ0n) is 12.3. The average Bonchev–Trinajstić information content (AvgIpc) is 2.35. The first-order chi connectivity index (χ1) is 8.78. The molecule has 0 radical (unpaired) electrons. The Morgan fingerprint density at radius 1 is 1.21 bits per heavy atom. The van der Waals surface area contributed by atoms with E-state index in [0.29, 0.717) is 6.54 Å². The van der Waals surface area contributed by atoms with Crippen molar-refractivity contribution in [1.82, 2.24) is 14.7 Å². The van der Waals surface area contributed by atoms with Gasteiger partial charge in [-0.15, -0.1) is 0 Å². The highest BCUT2D eigenvalue weighted by Crippen LogP contribution is 2.15. The van der Waals surface area contributed by atoms with Crippen LogP contribution in [0.3, 0.4) is 0 Å². The fourth-order valence-electron chi connectivity index (χ4n) is 2.16. The zero-order valence-corrected chi connectivity index (χ0v) is 12.3. The van der Waals surface area contributed by atoms with Gasteiger partial charge in [0.05, 0.1) is 6.54 Å². The van der Waals surface area contributed by atoms with E-state index in [0.717, 1.165) is 26.2 Å². The first-order valence-corrected chi connectivity index (χ1v) is 6.73. The third-order valence-electron chi connectivity index (χ3n) is 3.88.